The second-order valence-corrected chi connectivity index (χ2v) is 6.76. The molecule has 4 nitrogen and oxygen atoms in total. The van der Waals surface area contributed by atoms with Crippen molar-refractivity contribution < 1.29 is 9.31 Å². The minimum atomic E-state index is -0.769. The smallest absolute Gasteiger partial charge is 0.295 e. The molecule has 1 N–H and O–H groups in total. The van der Waals surface area contributed by atoms with Crippen LogP contribution in [0, 0.1) is 15.9 Å². The van der Waals surface area contributed by atoms with Gasteiger partial charge in [-0.1, -0.05) is 18.5 Å². The van der Waals surface area contributed by atoms with Crippen LogP contribution in [0.25, 0.3) is 0 Å². The molecule has 1 saturated carbocycles. The molecule has 1 aliphatic carbocycles. The highest BCUT2D eigenvalue weighted by atomic mass is 35.5. The number of halogens is 2. The maximum atomic E-state index is 13.3. The lowest BCUT2D eigenvalue weighted by Crippen LogP contribution is -2.17. The molecule has 2 unspecified atom stereocenters. The maximum absolute atomic E-state index is 13.3. The summed E-state index contributed by atoms with van der Waals surface area (Å²) in [4.78, 5) is 10.4. The van der Waals surface area contributed by atoms with E-state index >= 15 is 0 Å². The van der Waals surface area contributed by atoms with Crippen LogP contribution in [0.1, 0.15) is 26.2 Å². The zero-order valence-electron chi connectivity index (χ0n) is 11.1. The molecule has 20 heavy (non-hydrogen) atoms. The van der Waals surface area contributed by atoms with Gasteiger partial charge >= 0.3 is 0 Å². The van der Waals surface area contributed by atoms with Crippen molar-refractivity contribution in [1.29, 1.82) is 0 Å². The fourth-order valence-corrected chi connectivity index (χ4v) is 3.79. The Balaban J connectivity index is 2.13. The van der Waals surface area contributed by atoms with Gasteiger partial charge in [0.05, 0.1) is 16.0 Å². The third kappa shape index (κ3) is 3.55. The van der Waals surface area contributed by atoms with Crippen LogP contribution in [0.2, 0.25) is 5.02 Å². The van der Waals surface area contributed by atoms with Gasteiger partial charge in [-0.05, 0) is 31.1 Å². The number of benzene rings is 1. The first-order valence-corrected chi connectivity index (χ1v) is 7.95. The monoisotopic (exact) mass is 318 g/mol. The van der Waals surface area contributed by atoms with Gasteiger partial charge in [-0.2, -0.15) is 11.8 Å². The number of nitro benzene ring substituents is 1. The third-order valence-electron chi connectivity index (χ3n) is 3.38. The Bertz CT molecular complexity index is 515. The SMILES string of the molecule is CCSC1CCC(Nc2cc(Cl)c(F)cc2[N+](=O)[O-])C1. The Morgan fingerprint density at radius 1 is 1.55 bits per heavy atom. The quantitative estimate of drug-likeness (QED) is 0.642. The highest BCUT2D eigenvalue weighted by Gasteiger charge is 2.27. The molecule has 1 aromatic carbocycles. The standard InChI is InChI=1S/C13H16ClFN2O2S/c1-2-20-9-4-3-8(5-9)16-12-6-10(14)11(15)7-13(12)17(18)19/h6-9,16H,2-5H2,1H3. The van der Waals surface area contributed by atoms with Gasteiger partial charge in [0.1, 0.15) is 11.5 Å². The number of hydrogen-bond donors (Lipinski definition) is 1. The van der Waals surface area contributed by atoms with Crippen LogP contribution >= 0.6 is 23.4 Å². The van der Waals surface area contributed by atoms with Crippen molar-refractivity contribution in [2.75, 3.05) is 11.1 Å². The molecule has 0 aliphatic heterocycles. The van der Waals surface area contributed by atoms with Crippen molar-refractivity contribution in [3.05, 3.63) is 33.1 Å². The Morgan fingerprint density at radius 3 is 2.95 bits per heavy atom. The van der Waals surface area contributed by atoms with E-state index in [0.29, 0.717) is 10.9 Å². The molecule has 0 saturated heterocycles. The van der Waals surface area contributed by atoms with E-state index in [0.717, 1.165) is 31.1 Å². The van der Waals surface area contributed by atoms with Crippen molar-refractivity contribution >= 4 is 34.7 Å². The van der Waals surface area contributed by atoms with Crippen LogP contribution in [0.3, 0.4) is 0 Å². The highest BCUT2D eigenvalue weighted by Crippen LogP contribution is 2.35. The van der Waals surface area contributed by atoms with Crippen molar-refractivity contribution in [1.82, 2.24) is 0 Å². The van der Waals surface area contributed by atoms with E-state index in [1.165, 1.54) is 6.07 Å². The molecule has 0 amide bonds. The van der Waals surface area contributed by atoms with Crippen LogP contribution in [-0.2, 0) is 0 Å². The summed E-state index contributed by atoms with van der Waals surface area (Å²) < 4.78 is 13.3. The summed E-state index contributed by atoms with van der Waals surface area (Å²) in [7, 11) is 0. The second kappa shape index (κ2) is 6.63. The molecule has 0 aromatic heterocycles. The molecule has 110 valence electrons. The average molecular weight is 319 g/mol. The predicted octanol–water partition coefficient (Wildman–Crippen LogP) is 4.47. The first-order chi connectivity index (χ1) is 9.51. The van der Waals surface area contributed by atoms with Crippen molar-refractivity contribution in [3.63, 3.8) is 0 Å². The molecule has 2 atom stereocenters. The van der Waals surface area contributed by atoms with Gasteiger partial charge in [-0.3, -0.25) is 10.1 Å². The van der Waals surface area contributed by atoms with Crippen LogP contribution in [0.4, 0.5) is 15.8 Å². The lowest BCUT2D eigenvalue weighted by Gasteiger charge is -2.15. The van der Waals surface area contributed by atoms with Gasteiger partial charge in [0.25, 0.3) is 5.69 Å². The third-order valence-corrected chi connectivity index (χ3v) is 4.90. The summed E-state index contributed by atoms with van der Waals surface area (Å²) in [6.45, 7) is 2.12. The van der Waals surface area contributed by atoms with Crippen molar-refractivity contribution in [2.45, 2.75) is 37.5 Å². The van der Waals surface area contributed by atoms with Gasteiger partial charge < -0.3 is 5.32 Å². The minimum absolute atomic E-state index is 0.101. The number of thioether (sulfide) groups is 1. The van der Waals surface area contributed by atoms with E-state index in [1.807, 2.05) is 11.8 Å². The number of anilines is 1. The number of nitro groups is 1. The molecule has 1 aromatic rings. The molecule has 2 rings (SSSR count). The van der Waals surface area contributed by atoms with Crippen molar-refractivity contribution in [3.8, 4) is 0 Å². The molecule has 1 fully saturated rings. The topological polar surface area (TPSA) is 55.2 Å². The number of nitrogens with zero attached hydrogens (tertiary/aromatic N) is 1. The fraction of sp³-hybridized carbons (Fsp3) is 0.538. The van der Waals surface area contributed by atoms with Gasteiger partial charge in [-0.15, -0.1) is 0 Å². The lowest BCUT2D eigenvalue weighted by atomic mass is 10.2. The molecule has 0 heterocycles. The minimum Gasteiger partial charge on any atom is -0.377 e. The molecule has 0 radical (unpaired) electrons. The van der Waals surface area contributed by atoms with Crippen LogP contribution in [-0.4, -0.2) is 22.0 Å². The van der Waals surface area contributed by atoms with E-state index in [1.54, 1.807) is 0 Å². The van der Waals surface area contributed by atoms with E-state index in [9.17, 15) is 14.5 Å². The van der Waals surface area contributed by atoms with E-state index in [2.05, 4.69) is 12.2 Å². The Hall–Kier alpha value is -1.01. The van der Waals surface area contributed by atoms with Crippen LogP contribution < -0.4 is 5.32 Å². The second-order valence-electron chi connectivity index (χ2n) is 4.77. The molecule has 0 bridgehead atoms. The van der Waals surface area contributed by atoms with Crippen LogP contribution in [0.15, 0.2) is 12.1 Å². The first kappa shape index (κ1) is 15.4. The van der Waals surface area contributed by atoms with Gasteiger partial charge in [-0.25, -0.2) is 4.39 Å². The average Bonchev–Trinajstić information content (AvgIpc) is 2.81. The first-order valence-electron chi connectivity index (χ1n) is 6.52. The summed E-state index contributed by atoms with van der Waals surface area (Å²) in [6, 6.07) is 2.35. The predicted molar refractivity (Wildman–Crippen MR) is 81.2 cm³/mol. The van der Waals surface area contributed by atoms with Gasteiger partial charge in [0.15, 0.2) is 0 Å². The summed E-state index contributed by atoms with van der Waals surface area (Å²) in [5, 5.41) is 14.6. The zero-order chi connectivity index (χ0) is 14.7. The normalized spacial score (nSPS) is 21.9. The van der Waals surface area contributed by atoms with E-state index < -0.39 is 10.7 Å². The molecular formula is C13H16ClFN2O2S. The zero-order valence-corrected chi connectivity index (χ0v) is 12.6. The Labute approximate surface area is 126 Å². The number of nitrogens with one attached hydrogen (secondary N) is 1. The molecular weight excluding hydrogens is 303 g/mol. The van der Waals surface area contributed by atoms with Crippen molar-refractivity contribution in [2.24, 2.45) is 0 Å². The summed E-state index contributed by atoms with van der Waals surface area (Å²) in [5.41, 5.74) is 0.0343. The number of hydrogen-bond acceptors (Lipinski definition) is 4. The van der Waals surface area contributed by atoms with E-state index in [4.69, 9.17) is 11.6 Å². The molecule has 1 aliphatic rings. The molecule has 7 heteroatoms. The van der Waals surface area contributed by atoms with Crippen LogP contribution in [0.5, 0.6) is 0 Å². The number of rotatable bonds is 5. The summed E-state index contributed by atoms with van der Waals surface area (Å²) in [6.07, 6.45) is 3.02. The largest absolute Gasteiger partial charge is 0.377 e. The lowest BCUT2D eigenvalue weighted by molar-refractivity contribution is -0.384. The fourth-order valence-electron chi connectivity index (χ4n) is 2.48. The van der Waals surface area contributed by atoms with E-state index in [-0.39, 0.29) is 16.8 Å². The summed E-state index contributed by atoms with van der Waals surface area (Å²) in [5.74, 6) is 0.301. The molecule has 0 spiro atoms. The Kier molecular flexibility index (Phi) is 5.10. The van der Waals surface area contributed by atoms with Gasteiger partial charge in [0.2, 0.25) is 0 Å². The van der Waals surface area contributed by atoms with Gasteiger partial charge in [0, 0.05) is 11.3 Å². The highest BCUT2D eigenvalue weighted by molar-refractivity contribution is 7.99. The maximum Gasteiger partial charge on any atom is 0.295 e. The Morgan fingerprint density at radius 2 is 2.30 bits per heavy atom. The summed E-state index contributed by atoms with van der Waals surface area (Å²) >= 11 is 7.62.